The van der Waals surface area contributed by atoms with Gasteiger partial charge in [-0.25, -0.2) is 4.98 Å². The number of hydrogen-bond acceptors (Lipinski definition) is 5. The Bertz CT molecular complexity index is 716. The average molecular weight is 366 g/mol. The third-order valence-corrected chi connectivity index (χ3v) is 4.33. The van der Waals surface area contributed by atoms with Gasteiger partial charge in [-0.3, -0.25) is 0 Å². The third kappa shape index (κ3) is 4.72. The smallest absolute Gasteiger partial charge is 0.224 e. The molecule has 128 valence electrons. The van der Waals surface area contributed by atoms with Crippen LogP contribution in [0.4, 0.5) is 17.5 Å². The van der Waals surface area contributed by atoms with Crippen LogP contribution in [-0.4, -0.2) is 42.1 Å². The SMILES string of the molecule is CN(C)CCNc1nc(Nc2ccc(Cl)cc2Cl)cc(C2CC2)n1. The highest BCUT2D eigenvalue weighted by molar-refractivity contribution is 6.36. The van der Waals surface area contributed by atoms with Crippen molar-refractivity contribution in [2.45, 2.75) is 18.8 Å². The molecule has 7 heteroatoms. The van der Waals surface area contributed by atoms with Gasteiger partial charge in [-0.05, 0) is 45.1 Å². The standard InChI is InChI=1S/C17H21Cl2N5/c1-24(2)8-7-20-17-22-15(11-3-4-11)10-16(23-17)21-14-6-5-12(18)9-13(14)19/h5-6,9-11H,3-4,7-8H2,1-2H3,(H2,20,21,22,23). The van der Waals surface area contributed by atoms with Crippen LogP contribution in [0.2, 0.25) is 10.0 Å². The lowest BCUT2D eigenvalue weighted by Gasteiger charge is -2.13. The molecule has 1 aromatic heterocycles. The molecule has 1 heterocycles. The first-order valence-corrected chi connectivity index (χ1v) is 8.76. The molecule has 1 aromatic carbocycles. The fourth-order valence-electron chi connectivity index (χ4n) is 2.32. The van der Waals surface area contributed by atoms with Crippen LogP contribution in [0, 0.1) is 0 Å². The van der Waals surface area contributed by atoms with E-state index >= 15 is 0 Å². The Morgan fingerprint density at radius 3 is 2.62 bits per heavy atom. The zero-order valence-electron chi connectivity index (χ0n) is 13.8. The van der Waals surface area contributed by atoms with Crippen molar-refractivity contribution in [2.75, 3.05) is 37.8 Å². The topological polar surface area (TPSA) is 53.1 Å². The van der Waals surface area contributed by atoms with E-state index in [0.29, 0.717) is 21.9 Å². The number of benzene rings is 1. The predicted octanol–water partition coefficient (Wildman–Crippen LogP) is 4.38. The minimum absolute atomic E-state index is 0.545. The first kappa shape index (κ1) is 17.3. The van der Waals surface area contributed by atoms with Gasteiger partial charge < -0.3 is 15.5 Å². The number of halogens is 2. The number of aromatic nitrogens is 2. The van der Waals surface area contributed by atoms with E-state index in [2.05, 4.69) is 25.5 Å². The van der Waals surface area contributed by atoms with Gasteiger partial charge in [0.25, 0.3) is 0 Å². The number of hydrogen-bond donors (Lipinski definition) is 2. The van der Waals surface area contributed by atoms with Gasteiger partial charge in [0, 0.05) is 30.1 Å². The predicted molar refractivity (Wildman–Crippen MR) is 101 cm³/mol. The lowest BCUT2D eigenvalue weighted by atomic mass is 10.2. The van der Waals surface area contributed by atoms with Crippen LogP contribution in [0.15, 0.2) is 24.3 Å². The van der Waals surface area contributed by atoms with Crippen molar-refractivity contribution in [3.63, 3.8) is 0 Å². The lowest BCUT2D eigenvalue weighted by molar-refractivity contribution is 0.425. The van der Waals surface area contributed by atoms with Crippen molar-refractivity contribution >= 4 is 40.7 Å². The molecule has 0 radical (unpaired) electrons. The van der Waals surface area contributed by atoms with Crippen LogP contribution in [0.25, 0.3) is 0 Å². The lowest BCUT2D eigenvalue weighted by Crippen LogP contribution is -2.21. The maximum atomic E-state index is 6.24. The first-order chi connectivity index (χ1) is 11.5. The van der Waals surface area contributed by atoms with Gasteiger partial charge in [-0.2, -0.15) is 4.98 Å². The summed E-state index contributed by atoms with van der Waals surface area (Å²) in [4.78, 5) is 11.3. The van der Waals surface area contributed by atoms with Gasteiger partial charge in [-0.15, -0.1) is 0 Å². The Morgan fingerprint density at radius 2 is 1.96 bits per heavy atom. The van der Waals surface area contributed by atoms with E-state index in [1.165, 1.54) is 12.8 Å². The second kappa shape index (κ2) is 7.55. The van der Waals surface area contributed by atoms with Crippen molar-refractivity contribution in [3.05, 3.63) is 40.0 Å². The normalized spacial score (nSPS) is 14.0. The molecule has 1 fully saturated rings. The first-order valence-electron chi connectivity index (χ1n) is 8.01. The van der Waals surface area contributed by atoms with Crippen LogP contribution in [0.1, 0.15) is 24.5 Å². The van der Waals surface area contributed by atoms with E-state index in [9.17, 15) is 0 Å². The molecule has 5 nitrogen and oxygen atoms in total. The van der Waals surface area contributed by atoms with Crippen LogP contribution >= 0.6 is 23.2 Å². The Balaban J connectivity index is 1.79. The average Bonchev–Trinajstić information content (AvgIpc) is 3.34. The highest BCUT2D eigenvalue weighted by Crippen LogP contribution is 2.40. The summed E-state index contributed by atoms with van der Waals surface area (Å²) in [7, 11) is 4.08. The highest BCUT2D eigenvalue weighted by atomic mass is 35.5. The Kier molecular flexibility index (Phi) is 5.43. The fourth-order valence-corrected chi connectivity index (χ4v) is 2.77. The minimum atomic E-state index is 0.545. The number of likely N-dealkylation sites (N-methyl/N-ethyl adjacent to an activating group) is 1. The summed E-state index contributed by atoms with van der Waals surface area (Å²) in [5.41, 5.74) is 1.85. The van der Waals surface area contributed by atoms with Crippen molar-refractivity contribution in [1.82, 2.24) is 14.9 Å². The Hall–Kier alpha value is -1.56. The fraction of sp³-hybridized carbons (Fsp3) is 0.412. The van der Waals surface area contributed by atoms with Crippen LogP contribution in [0.5, 0.6) is 0 Å². The molecule has 0 spiro atoms. The van der Waals surface area contributed by atoms with E-state index in [4.69, 9.17) is 23.2 Å². The van der Waals surface area contributed by atoms with Gasteiger partial charge in [0.15, 0.2) is 0 Å². The van der Waals surface area contributed by atoms with Crippen molar-refractivity contribution in [1.29, 1.82) is 0 Å². The summed E-state index contributed by atoms with van der Waals surface area (Å²) in [5.74, 6) is 1.93. The van der Waals surface area contributed by atoms with Crippen molar-refractivity contribution in [3.8, 4) is 0 Å². The molecule has 0 unspecified atom stereocenters. The Labute approximate surface area is 152 Å². The van der Waals surface area contributed by atoms with Gasteiger partial charge in [0.05, 0.1) is 16.4 Å². The third-order valence-electron chi connectivity index (χ3n) is 3.78. The quantitative estimate of drug-likeness (QED) is 0.762. The second-order valence-corrected chi connectivity index (χ2v) is 7.10. The van der Waals surface area contributed by atoms with Crippen LogP contribution in [-0.2, 0) is 0 Å². The molecule has 2 aromatic rings. The summed E-state index contributed by atoms with van der Waals surface area (Å²) in [6.45, 7) is 1.71. The maximum Gasteiger partial charge on any atom is 0.224 e. The summed E-state index contributed by atoms with van der Waals surface area (Å²) >= 11 is 12.2. The summed E-state index contributed by atoms with van der Waals surface area (Å²) in [5, 5.41) is 7.74. The second-order valence-electron chi connectivity index (χ2n) is 6.26. The molecule has 1 saturated carbocycles. The molecular weight excluding hydrogens is 345 g/mol. The zero-order chi connectivity index (χ0) is 17.1. The van der Waals surface area contributed by atoms with E-state index in [0.717, 1.165) is 30.3 Å². The van der Waals surface area contributed by atoms with Crippen molar-refractivity contribution in [2.24, 2.45) is 0 Å². The summed E-state index contributed by atoms with van der Waals surface area (Å²) in [6, 6.07) is 7.36. The van der Waals surface area contributed by atoms with Crippen LogP contribution in [0.3, 0.4) is 0 Å². The molecule has 0 amide bonds. The number of rotatable bonds is 7. The zero-order valence-corrected chi connectivity index (χ0v) is 15.3. The monoisotopic (exact) mass is 365 g/mol. The van der Waals surface area contributed by atoms with Crippen molar-refractivity contribution < 1.29 is 0 Å². The molecule has 0 atom stereocenters. The number of nitrogens with zero attached hydrogens (tertiary/aromatic N) is 3. The summed E-state index contributed by atoms with van der Waals surface area (Å²) < 4.78 is 0. The van der Waals surface area contributed by atoms with E-state index in [1.807, 2.05) is 26.2 Å². The molecular formula is C17H21Cl2N5. The molecule has 24 heavy (non-hydrogen) atoms. The molecule has 3 rings (SSSR count). The van der Waals surface area contributed by atoms with Gasteiger partial charge in [0.2, 0.25) is 5.95 Å². The summed E-state index contributed by atoms with van der Waals surface area (Å²) in [6.07, 6.45) is 2.38. The van der Waals surface area contributed by atoms with Gasteiger partial charge in [0.1, 0.15) is 5.82 Å². The number of anilines is 3. The largest absolute Gasteiger partial charge is 0.353 e. The molecule has 0 bridgehead atoms. The molecule has 0 aliphatic heterocycles. The highest BCUT2D eigenvalue weighted by Gasteiger charge is 2.26. The maximum absolute atomic E-state index is 6.24. The molecule has 1 aliphatic rings. The van der Waals surface area contributed by atoms with E-state index in [-0.39, 0.29) is 0 Å². The van der Waals surface area contributed by atoms with Crippen LogP contribution < -0.4 is 10.6 Å². The number of nitrogens with one attached hydrogen (secondary N) is 2. The Morgan fingerprint density at radius 1 is 1.17 bits per heavy atom. The van der Waals surface area contributed by atoms with E-state index < -0.39 is 0 Å². The molecule has 0 saturated heterocycles. The molecule has 2 N–H and O–H groups in total. The molecule has 1 aliphatic carbocycles. The van der Waals surface area contributed by atoms with Gasteiger partial charge in [-0.1, -0.05) is 23.2 Å². The minimum Gasteiger partial charge on any atom is -0.353 e. The van der Waals surface area contributed by atoms with Gasteiger partial charge >= 0.3 is 0 Å². The van der Waals surface area contributed by atoms with E-state index in [1.54, 1.807) is 12.1 Å².